The van der Waals surface area contributed by atoms with Gasteiger partial charge in [-0.15, -0.1) is 0 Å². The summed E-state index contributed by atoms with van der Waals surface area (Å²) < 4.78 is 52.1. The molecule has 1 fully saturated rings. The molecule has 1 aliphatic carbocycles. The van der Waals surface area contributed by atoms with E-state index in [1.165, 1.54) is 12.3 Å². The highest BCUT2D eigenvalue weighted by molar-refractivity contribution is 5.16. The van der Waals surface area contributed by atoms with Crippen molar-refractivity contribution in [3.8, 4) is 0 Å². The predicted octanol–water partition coefficient (Wildman–Crippen LogP) is 4.24. The molecular weight excluding hydrogens is 284 g/mol. The van der Waals surface area contributed by atoms with Crippen LogP contribution in [-0.2, 0) is 0 Å². The van der Waals surface area contributed by atoms with Crippen LogP contribution in [0, 0.1) is 17.7 Å². The molecule has 0 radical (unpaired) electrons. The minimum Gasteiger partial charge on any atom is -0.310 e. The van der Waals surface area contributed by atoms with Gasteiger partial charge in [0.15, 0.2) is 0 Å². The van der Waals surface area contributed by atoms with Gasteiger partial charge in [0.05, 0.1) is 12.1 Å². The number of nitrogens with one attached hydrogen (secondary N) is 1. The molecule has 6 heteroatoms. The Bertz CT molecular complexity index is 461. The summed E-state index contributed by atoms with van der Waals surface area (Å²) in [6.07, 6.45) is 0.0628. The summed E-state index contributed by atoms with van der Waals surface area (Å²) in [5.74, 6) is -1.86. The fourth-order valence-corrected chi connectivity index (χ4v) is 3.20. The highest BCUT2D eigenvalue weighted by atomic mass is 19.4. The van der Waals surface area contributed by atoms with Crippen molar-refractivity contribution in [2.24, 2.45) is 11.8 Å². The minimum absolute atomic E-state index is 0.0949. The zero-order chi connectivity index (χ0) is 15.5. The third-order valence-electron chi connectivity index (χ3n) is 4.16. The van der Waals surface area contributed by atoms with E-state index in [1.54, 1.807) is 0 Å². The fraction of sp³-hybridized carbons (Fsp3) is 0.667. The van der Waals surface area contributed by atoms with Crippen molar-refractivity contribution >= 4 is 0 Å². The highest BCUT2D eigenvalue weighted by Crippen LogP contribution is 2.43. The first-order valence-electron chi connectivity index (χ1n) is 7.32. The number of hydrogen-bond donors (Lipinski definition) is 1. The Balaban J connectivity index is 2.18. The van der Waals surface area contributed by atoms with Crippen molar-refractivity contribution in [2.45, 2.75) is 44.8 Å². The molecule has 0 amide bonds. The van der Waals surface area contributed by atoms with E-state index < -0.39 is 17.9 Å². The normalized spacial score (nSPS) is 24.8. The van der Waals surface area contributed by atoms with Crippen LogP contribution in [0.15, 0.2) is 18.5 Å². The first kappa shape index (κ1) is 16.2. The van der Waals surface area contributed by atoms with Gasteiger partial charge in [-0.25, -0.2) is 4.39 Å². The van der Waals surface area contributed by atoms with Crippen LogP contribution < -0.4 is 5.32 Å². The number of pyridine rings is 1. The van der Waals surface area contributed by atoms with Gasteiger partial charge in [-0.1, -0.05) is 13.3 Å². The van der Waals surface area contributed by atoms with Crippen molar-refractivity contribution in [1.29, 1.82) is 0 Å². The molecule has 0 aromatic carbocycles. The maximum absolute atomic E-state index is 13.3. The second-order valence-electron chi connectivity index (χ2n) is 5.64. The lowest BCUT2D eigenvalue weighted by atomic mass is 9.76. The number of hydrogen-bond acceptors (Lipinski definition) is 2. The molecule has 1 aliphatic rings. The maximum Gasteiger partial charge on any atom is 0.391 e. The van der Waals surface area contributed by atoms with Gasteiger partial charge in [0, 0.05) is 12.2 Å². The first-order chi connectivity index (χ1) is 9.91. The molecule has 1 aromatic rings. The average Bonchev–Trinajstić information content (AvgIpc) is 2.44. The lowest BCUT2D eigenvalue weighted by molar-refractivity contribution is -0.186. The number of aromatic nitrogens is 1. The molecular formula is C15H20F4N2. The van der Waals surface area contributed by atoms with Gasteiger partial charge in [0.2, 0.25) is 0 Å². The Kier molecular flexibility index (Phi) is 5.19. The Morgan fingerprint density at radius 3 is 2.71 bits per heavy atom. The molecule has 0 aliphatic heterocycles. The summed E-state index contributed by atoms with van der Waals surface area (Å²) in [6.45, 7) is 2.51. The molecule has 2 rings (SSSR count). The maximum atomic E-state index is 13.3. The van der Waals surface area contributed by atoms with Crippen LogP contribution in [0.2, 0.25) is 0 Å². The third kappa shape index (κ3) is 4.15. The second-order valence-corrected chi connectivity index (χ2v) is 5.64. The lowest BCUT2D eigenvalue weighted by Gasteiger charge is -2.35. The summed E-state index contributed by atoms with van der Waals surface area (Å²) >= 11 is 0. The van der Waals surface area contributed by atoms with Crippen LogP contribution in [0.1, 0.15) is 44.2 Å². The van der Waals surface area contributed by atoms with E-state index >= 15 is 0 Å². The lowest BCUT2D eigenvalue weighted by Crippen LogP contribution is -2.35. The molecule has 0 saturated heterocycles. The fourth-order valence-electron chi connectivity index (χ4n) is 3.20. The SMILES string of the molecule is CCNC(c1cncc(F)c1)C1CCCC(C(F)(F)F)C1. The van der Waals surface area contributed by atoms with E-state index in [0.29, 0.717) is 18.5 Å². The summed E-state index contributed by atoms with van der Waals surface area (Å²) in [4.78, 5) is 3.81. The van der Waals surface area contributed by atoms with Gasteiger partial charge >= 0.3 is 6.18 Å². The zero-order valence-corrected chi connectivity index (χ0v) is 12.0. The summed E-state index contributed by atoms with van der Waals surface area (Å²) in [5.41, 5.74) is 0.629. The van der Waals surface area contributed by atoms with Crippen LogP contribution in [0.4, 0.5) is 17.6 Å². The molecule has 3 atom stereocenters. The molecule has 1 N–H and O–H groups in total. The van der Waals surface area contributed by atoms with Crippen LogP contribution >= 0.6 is 0 Å². The number of halogens is 4. The van der Waals surface area contributed by atoms with E-state index in [4.69, 9.17) is 0 Å². The van der Waals surface area contributed by atoms with Crippen molar-refractivity contribution in [2.75, 3.05) is 6.54 Å². The quantitative estimate of drug-likeness (QED) is 0.842. The molecule has 0 spiro atoms. The van der Waals surface area contributed by atoms with Crippen LogP contribution in [0.3, 0.4) is 0 Å². The molecule has 2 nitrogen and oxygen atoms in total. The molecule has 1 heterocycles. The standard InChI is InChI=1S/C15H20F4N2/c1-2-21-14(11-7-13(16)9-20-8-11)10-4-3-5-12(6-10)15(17,18)19/h7-10,12,14,21H,2-6H2,1H3. The van der Waals surface area contributed by atoms with Crippen molar-refractivity contribution in [3.05, 3.63) is 29.8 Å². The number of rotatable bonds is 4. The summed E-state index contributed by atoms with van der Waals surface area (Å²) in [7, 11) is 0. The molecule has 0 bridgehead atoms. The van der Waals surface area contributed by atoms with Crippen LogP contribution in [0.5, 0.6) is 0 Å². The average molecular weight is 304 g/mol. The first-order valence-corrected chi connectivity index (χ1v) is 7.32. The monoisotopic (exact) mass is 304 g/mol. The number of alkyl halides is 3. The van der Waals surface area contributed by atoms with Gasteiger partial charge in [-0.3, -0.25) is 4.98 Å². The van der Waals surface area contributed by atoms with Gasteiger partial charge in [-0.2, -0.15) is 13.2 Å². The highest BCUT2D eigenvalue weighted by Gasteiger charge is 2.43. The molecule has 118 valence electrons. The second kappa shape index (κ2) is 6.73. The Labute approximate surface area is 122 Å². The van der Waals surface area contributed by atoms with Crippen LogP contribution in [0.25, 0.3) is 0 Å². The van der Waals surface area contributed by atoms with Crippen LogP contribution in [-0.4, -0.2) is 17.7 Å². The Morgan fingerprint density at radius 1 is 1.33 bits per heavy atom. The number of nitrogens with zero attached hydrogens (tertiary/aromatic N) is 1. The molecule has 3 unspecified atom stereocenters. The van der Waals surface area contributed by atoms with Gasteiger partial charge in [0.1, 0.15) is 5.82 Å². The van der Waals surface area contributed by atoms with E-state index in [-0.39, 0.29) is 24.8 Å². The van der Waals surface area contributed by atoms with E-state index in [9.17, 15) is 17.6 Å². The summed E-state index contributed by atoms with van der Waals surface area (Å²) in [5, 5.41) is 3.19. The van der Waals surface area contributed by atoms with Gasteiger partial charge < -0.3 is 5.32 Å². The smallest absolute Gasteiger partial charge is 0.310 e. The van der Waals surface area contributed by atoms with Crippen molar-refractivity contribution < 1.29 is 17.6 Å². The third-order valence-corrected chi connectivity index (χ3v) is 4.16. The van der Waals surface area contributed by atoms with Crippen molar-refractivity contribution in [3.63, 3.8) is 0 Å². The predicted molar refractivity (Wildman–Crippen MR) is 72.1 cm³/mol. The van der Waals surface area contributed by atoms with E-state index in [2.05, 4.69) is 10.3 Å². The zero-order valence-electron chi connectivity index (χ0n) is 12.0. The van der Waals surface area contributed by atoms with Crippen molar-refractivity contribution in [1.82, 2.24) is 10.3 Å². The topological polar surface area (TPSA) is 24.9 Å². The summed E-state index contributed by atoms with van der Waals surface area (Å²) in [6, 6.07) is 1.08. The Morgan fingerprint density at radius 2 is 2.10 bits per heavy atom. The van der Waals surface area contributed by atoms with Gasteiger partial charge in [0.25, 0.3) is 0 Å². The largest absolute Gasteiger partial charge is 0.391 e. The van der Waals surface area contributed by atoms with E-state index in [1.807, 2.05) is 6.92 Å². The molecule has 1 saturated carbocycles. The minimum atomic E-state index is -4.14. The Hall–Kier alpha value is -1.17. The molecule has 1 aromatic heterocycles. The molecule has 21 heavy (non-hydrogen) atoms. The van der Waals surface area contributed by atoms with Gasteiger partial charge in [-0.05, 0) is 43.4 Å². The van der Waals surface area contributed by atoms with E-state index in [0.717, 1.165) is 12.6 Å².